The smallest absolute Gasteiger partial charge is 0.238 e. The Balaban J connectivity index is 2.52. The van der Waals surface area contributed by atoms with Gasteiger partial charge in [0.15, 0.2) is 0 Å². The highest BCUT2D eigenvalue weighted by Crippen LogP contribution is 2.17. The standard InChI is InChI=1S/C13H18F2N2O2S/c1-8(11(7-18)20-2)16-6-12(19)17-13-9(14)4-3-5-10(13)15/h3-5,8,11,16,18H,6-7H2,1-2H3,(H,17,19). The minimum absolute atomic E-state index is 0.0150. The molecule has 1 aromatic rings. The van der Waals surface area contributed by atoms with Gasteiger partial charge in [-0.1, -0.05) is 6.07 Å². The molecular weight excluding hydrogens is 286 g/mol. The number of aliphatic hydroxyl groups excluding tert-OH is 1. The normalized spacial score (nSPS) is 13.8. The number of carbonyl (C=O) groups is 1. The van der Waals surface area contributed by atoms with Crippen LogP contribution in [0.15, 0.2) is 18.2 Å². The van der Waals surface area contributed by atoms with Crippen LogP contribution in [0, 0.1) is 11.6 Å². The quantitative estimate of drug-likeness (QED) is 0.716. The highest BCUT2D eigenvalue weighted by atomic mass is 32.2. The fourth-order valence-corrected chi connectivity index (χ4v) is 2.28. The molecule has 4 nitrogen and oxygen atoms in total. The van der Waals surface area contributed by atoms with Crippen molar-refractivity contribution in [2.24, 2.45) is 0 Å². The van der Waals surface area contributed by atoms with Crippen molar-refractivity contribution in [2.45, 2.75) is 18.2 Å². The van der Waals surface area contributed by atoms with Crippen LogP contribution < -0.4 is 10.6 Å². The molecule has 0 spiro atoms. The molecule has 2 atom stereocenters. The summed E-state index contributed by atoms with van der Waals surface area (Å²) in [6.45, 7) is 1.72. The Morgan fingerprint density at radius 3 is 2.50 bits per heavy atom. The number of hydrogen-bond donors (Lipinski definition) is 3. The summed E-state index contributed by atoms with van der Waals surface area (Å²) in [5, 5.41) is 14.2. The average molecular weight is 304 g/mol. The summed E-state index contributed by atoms with van der Waals surface area (Å²) in [6.07, 6.45) is 1.86. The zero-order valence-corrected chi connectivity index (χ0v) is 12.1. The van der Waals surface area contributed by atoms with Gasteiger partial charge in [-0.2, -0.15) is 11.8 Å². The van der Waals surface area contributed by atoms with Crippen molar-refractivity contribution in [1.29, 1.82) is 0 Å². The van der Waals surface area contributed by atoms with Gasteiger partial charge in [-0.25, -0.2) is 8.78 Å². The fraction of sp³-hybridized carbons (Fsp3) is 0.462. The van der Waals surface area contributed by atoms with E-state index in [2.05, 4.69) is 10.6 Å². The molecule has 20 heavy (non-hydrogen) atoms. The number of amides is 1. The van der Waals surface area contributed by atoms with E-state index in [1.807, 2.05) is 13.2 Å². The molecule has 7 heteroatoms. The third-order valence-electron chi connectivity index (χ3n) is 2.85. The van der Waals surface area contributed by atoms with Crippen LogP contribution in [0.4, 0.5) is 14.5 Å². The number of thioether (sulfide) groups is 1. The number of benzene rings is 1. The number of para-hydroxylation sites is 1. The molecule has 0 fully saturated rings. The van der Waals surface area contributed by atoms with E-state index in [1.165, 1.54) is 17.8 Å². The second-order valence-electron chi connectivity index (χ2n) is 4.27. The minimum atomic E-state index is -0.816. The van der Waals surface area contributed by atoms with Gasteiger partial charge in [-0.05, 0) is 25.3 Å². The lowest BCUT2D eigenvalue weighted by atomic mass is 10.2. The first-order chi connectivity index (χ1) is 9.49. The van der Waals surface area contributed by atoms with Crippen LogP contribution in [0.5, 0.6) is 0 Å². The summed E-state index contributed by atoms with van der Waals surface area (Å²) in [7, 11) is 0. The first-order valence-corrected chi connectivity index (χ1v) is 7.39. The Bertz CT molecular complexity index is 436. The maximum absolute atomic E-state index is 13.3. The van der Waals surface area contributed by atoms with E-state index >= 15 is 0 Å². The summed E-state index contributed by atoms with van der Waals surface area (Å²) >= 11 is 1.47. The molecule has 0 bridgehead atoms. The predicted molar refractivity (Wildman–Crippen MR) is 76.8 cm³/mol. The fourth-order valence-electron chi connectivity index (χ4n) is 1.62. The Morgan fingerprint density at radius 2 is 2.00 bits per heavy atom. The van der Waals surface area contributed by atoms with Crippen LogP contribution in [-0.2, 0) is 4.79 Å². The number of carbonyl (C=O) groups excluding carboxylic acids is 1. The molecule has 3 N–H and O–H groups in total. The highest BCUT2D eigenvalue weighted by Gasteiger charge is 2.17. The van der Waals surface area contributed by atoms with E-state index in [1.54, 1.807) is 0 Å². The van der Waals surface area contributed by atoms with Crippen molar-refractivity contribution < 1.29 is 18.7 Å². The Labute approximate surface area is 120 Å². The Kier molecular flexibility index (Phi) is 6.90. The van der Waals surface area contributed by atoms with E-state index < -0.39 is 23.2 Å². The van der Waals surface area contributed by atoms with Gasteiger partial charge >= 0.3 is 0 Å². The van der Waals surface area contributed by atoms with Gasteiger partial charge in [0.1, 0.15) is 17.3 Å². The van der Waals surface area contributed by atoms with Crippen LogP contribution in [0.1, 0.15) is 6.92 Å². The minimum Gasteiger partial charge on any atom is -0.395 e. The lowest BCUT2D eigenvalue weighted by molar-refractivity contribution is -0.115. The molecule has 0 aliphatic rings. The first kappa shape index (κ1) is 16.9. The Hall–Kier alpha value is -1.18. The van der Waals surface area contributed by atoms with Crippen molar-refractivity contribution >= 4 is 23.4 Å². The van der Waals surface area contributed by atoms with Gasteiger partial charge in [0.2, 0.25) is 5.91 Å². The topological polar surface area (TPSA) is 61.4 Å². The zero-order chi connectivity index (χ0) is 15.1. The maximum atomic E-state index is 13.3. The van der Waals surface area contributed by atoms with Crippen LogP contribution in [-0.4, -0.2) is 41.7 Å². The van der Waals surface area contributed by atoms with Gasteiger partial charge in [0.05, 0.1) is 13.2 Å². The molecule has 2 unspecified atom stereocenters. The maximum Gasteiger partial charge on any atom is 0.238 e. The van der Waals surface area contributed by atoms with Crippen molar-refractivity contribution in [3.63, 3.8) is 0 Å². The second kappa shape index (κ2) is 8.18. The van der Waals surface area contributed by atoms with Crippen molar-refractivity contribution in [1.82, 2.24) is 5.32 Å². The SMILES string of the molecule is CSC(CO)C(C)NCC(=O)Nc1c(F)cccc1F. The summed E-state index contributed by atoms with van der Waals surface area (Å²) in [4.78, 5) is 11.6. The summed E-state index contributed by atoms with van der Waals surface area (Å²) in [5.74, 6) is -2.17. The van der Waals surface area contributed by atoms with E-state index in [4.69, 9.17) is 5.11 Å². The van der Waals surface area contributed by atoms with Gasteiger partial charge in [-0.3, -0.25) is 4.79 Å². The summed E-state index contributed by atoms with van der Waals surface area (Å²) in [5.41, 5.74) is -0.449. The molecule has 1 aromatic carbocycles. The molecule has 1 rings (SSSR count). The molecule has 0 aliphatic carbocycles. The predicted octanol–water partition coefficient (Wildman–Crippen LogP) is 1.61. The van der Waals surface area contributed by atoms with Crippen LogP contribution in [0.3, 0.4) is 0 Å². The molecule has 0 heterocycles. The largest absolute Gasteiger partial charge is 0.395 e. The molecule has 1 amide bonds. The van der Waals surface area contributed by atoms with E-state index in [-0.39, 0.29) is 24.4 Å². The third-order valence-corrected chi connectivity index (χ3v) is 4.01. The molecular formula is C13H18F2N2O2S. The number of rotatable bonds is 7. The monoisotopic (exact) mass is 304 g/mol. The Morgan fingerprint density at radius 1 is 1.40 bits per heavy atom. The van der Waals surface area contributed by atoms with Crippen molar-refractivity contribution in [2.75, 3.05) is 24.7 Å². The van der Waals surface area contributed by atoms with Crippen molar-refractivity contribution in [3.05, 3.63) is 29.8 Å². The molecule has 0 aliphatic heterocycles. The van der Waals surface area contributed by atoms with Crippen LogP contribution in [0.25, 0.3) is 0 Å². The highest BCUT2D eigenvalue weighted by molar-refractivity contribution is 7.99. The van der Waals surface area contributed by atoms with Gasteiger partial charge in [-0.15, -0.1) is 0 Å². The number of hydrogen-bond acceptors (Lipinski definition) is 4. The van der Waals surface area contributed by atoms with Gasteiger partial charge in [0, 0.05) is 11.3 Å². The van der Waals surface area contributed by atoms with Crippen LogP contribution >= 0.6 is 11.8 Å². The lowest BCUT2D eigenvalue weighted by Gasteiger charge is -2.21. The molecule has 0 aromatic heterocycles. The molecule has 112 valence electrons. The lowest BCUT2D eigenvalue weighted by Crippen LogP contribution is -2.41. The third kappa shape index (κ3) is 4.73. The van der Waals surface area contributed by atoms with Crippen LogP contribution in [0.2, 0.25) is 0 Å². The zero-order valence-electron chi connectivity index (χ0n) is 11.3. The number of anilines is 1. The second-order valence-corrected chi connectivity index (χ2v) is 5.35. The number of nitrogens with one attached hydrogen (secondary N) is 2. The summed E-state index contributed by atoms with van der Waals surface area (Å²) in [6, 6.07) is 3.27. The molecule has 0 saturated carbocycles. The number of halogens is 2. The average Bonchev–Trinajstić information content (AvgIpc) is 2.42. The first-order valence-electron chi connectivity index (χ1n) is 6.10. The van der Waals surface area contributed by atoms with Crippen molar-refractivity contribution in [3.8, 4) is 0 Å². The summed E-state index contributed by atoms with van der Waals surface area (Å²) < 4.78 is 26.7. The molecule has 0 saturated heterocycles. The number of aliphatic hydroxyl groups is 1. The van der Waals surface area contributed by atoms with Gasteiger partial charge < -0.3 is 15.7 Å². The van der Waals surface area contributed by atoms with E-state index in [0.29, 0.717) is 0 Å². The van der Waals surface area contributed by atoms with E-state index in [9.17, 15) is 13.6 Å². The van der Waals surface area contributed by atoms with Gasteiger partial charge in [0.25, 0.3) is 0 Å². The van der Waals surface area contributed by atoms with E-state index in [0.717, 1.165) is 12.1 Å². The molecule has 0 radical (unpaired) electrons.